The normalized spacial score (nSPS) is 19.9. The zero-order chi connectivity index (χ0) is 13.3. The molecule has 0 aromatic carbocycles. The van der Waals surface area contributed by atoms with Crippen LogP contribution in [0.1, 0.15) is 37.3 Å². The lowest BCUT2D eigenvalue weighted by Gasteiger charge is -2.34. The fourth-order valence-electron chi connectivity index (χ4n) is 2.35. The Kier molecular flexibility index (Phi) is 4.07. The lowest BCUT2D eigenvalue weighted by atomic mass is 10.0. The van der Waals surface area contributed by atoms with E-state index < -0.39 is 0 Å². The number of rotatable bonds is 3. The number of amides is 1. The molecular formula is C14H22N2OS. The number of carbonyl (C=O) groups excluding carboxylic acids is 1. The van der Waals surface area contributed by atoms with E-state index in [-0.39, 0.29) is 11.9 Å². The Balaban J connectivity index is 2.02. The zero-order valence-electron chi connectivity index (χ0n) is 11.6. The van der Waals surface area contributed by atoms with Gasteiger partial charge in [-0.15, -0.1) is 11.3 Å². The van der Waals surface area contributed by atoms with Gasteiger partial charge in [-0.2, -0.15) is 0 Å². The van der Waals surface area contributed by atoms with Crippen LogP contribution >= 0.6 is 11.3 Å². The van der Waals surface area contributed by atoms with Crippen molar-refractivity contribution >= 4 is 17.2 Å². The van der Waals surface area contributed by atoms with Gasteiger partial charge in [-0.25, -0.2) is 0 Å². The number of hydrogen-bond donors (Lipinski definition) is 0. The topological polar surface area (TPSA) is 23.6 Å². The van der Waals surface area contributed by atoms with Crippen LogP contribution < -0.4 is 0 Å². The van der Waals surface area contributed by atoms with Gasteiger partial charge in [-0.1, -0.05) is 0 Å². The fourth-order valence-corrected chi connectivity index (χ4v) is 3.31. The molecule has 1 aliphatic rings. The van der Waals surface area contributed by atoms with E-state index in [9.17, 15) is 4.79 Å². The predicted molar refractivity (Wildman–Crippen MR) is 75.9 cm³/mol. The summed E-state index contributed by atoms with van der Waals surface area (Å²) in [4.78, 5) is 17.7. The van der Waals surface area contributed by atoms with E-state index in [1.807, 2.05) is 23.3 Å². The number of hydrogen-bond acceptors (Lipinski definition) is 3. The number of nitrogens with zero attached hydrogens (tertiary/aromatic N) is 2. The minimum absolute atomic E-state index is 0.218. The SMILES string of the molecule is CC1c2ccsc2CCN1CC(=O)N(C)C(C)C. The van der Waals surface area contributed by atoms with E-state index >= 15 is 0 Å². The Morgan fingerprint density at radius 3 is 3.00 bits per heavy atom. The second-order valence-corrected chi connectivity index (χ2v) is 6.29. The molecule has 1 aromatic heterocycles. The molecule has 2 heterocycles. The van der Waals surface area contributed by atoms with Crippen molar-refractivity contribution in [2.24, 2.45) is 0 Å². The summed E-state index contributed by atoms with van der Waals surface area (Å²) in [5.74, 6) is 0.218. The molecule has 0 spiro atoms. The third-order valence-corrected chi connectivity index (χ3v) is 4.91. The Morgan fingerprint density at radius 1 is 1.61 bits per heavy atom. The van der Waals surface area contributed by atoms with Crippen LogP contribution in [0.2, 0.25) is 0 Å². The fraction of sp³-hybridized carbons (Fsp3) is 0.643. The molecule has 2 rings (SSSR count). The highest BCUT2D eigenvalue weighted by Gasteiger charge is 2.27. The molecule has 0 saturated heterocycles. The second-order valence-electron chi connectivity index (χ2n) is 5.29. The zero-order valence-corrected chi connectivity index (χ0v) is 12.5. The first-order chi connectivity index (χ1) is 8.50. The van der Waals surface area contributed by atoms with E-state index in [4.69, 9.17) is 0 Å². The molecule has 1 aliphatic heterocycles. The van der Waals surface area contributed by atoms with Crippen molar-refractivity contribution in [3.8, 4) is 0 Å². The summed E-state index contributed by atoms with van der Waals surface area (Å²) in [6.07, 6.45) is 1.08. The van der Waals surface area contributed by atoms with Crippen LogP contribution in [-0.2, 0) is 11.2 Å². The smallest absolute Gasteiger partial charge is 0.236 e. The number of likely N-dealkylation sites (N-methyl/N-ethyl adjacent to an activating group) is 1. The summed E-state index contributed by atoms with van der Waals surface area (Å²) in [5, 5.41) is 2.16. The quantitative estimate of drug-likeness (QED) is 0.839. The van der Waals surface area contributed by atoms with Crippen LogP contribution in [0, 0.1) is 0 Å². The third-order valence-electron chi connectivity index (χ3n) is 3.91. The van der Waals surface area contributed by atoms with Gasteiger partial charge >= 0.3 is 0 Å². The highest BCUT2D eigenvalue weighted by molar-refractivity contribution is 7.10. The van der Waals surface area contributed by atoms with Gasteiger partial charge in [-0.3, -0.25) is 9.69 Å². The van der Waals surface area contributed by atoms with Gasteiger partial charge in [-0.05, 0) is 44.2 Å². The monoisotopic (exact) mass is 266 g/mol. The minimum Gasteiger partial charge on any atom is -0.342 e. The van der Waals surface area contributed by atoms with E-state index in [0.29, 0.717) is 12.6 Å². The molecule has 1 aromatic rings. The van der Waals surface area contributed by atoms with Gasteiger partial charge in [0, 0.05) is 30.6 Å². The summed E-state index contributed by atoms with van der Waals surface area (Å²) in [5.41, 5.74) is 1.41. The summed E-state index contributed by atoms with van der Waals surface area (Å²) < 4.78 is 0. The number of carbonyl (C=O) groups is 1. The molecule has 0 bridgehead atoms. The average Bonchev–Trinajstić information content (AvgIpc) is 2.80. The molecule has 3 nitrogen and oxygen atoms in total. The molecule has 18 heavy (non-hydrogen) atoms. The maximum Gasteiger partial charge on any atom is 0.236 e. The van der Waals surface area contributed by atoms with Crippen molar-refractivity contribution < 1.29 is 4.79 Å². The molecule has 0 radical (unpaired) electrons. The first kappa shape index (κ1) is 13.6. The third kappa shape index (κ3) is 2.59. The van der Waals surface area contributed by atoms with Crippen molar-refractivity contribution in [2.45, 2.75) is 39.3 Å². The van der Waals surface area contributed by atoms with Crippen molar-refractivity contribution in [3.63, 3.8) is 0 Å². The Bertz CT molecular complexity index is 427. The number of fused-ring (bicyclic) bond motifs is 1. The molecular weight excluding hydrogens is 244 g/mol. The van der Waals surface area contributed by atoms with Gasteiger partial charge in [0.15, 0.2) is 0 Å². The first-order valence-electron chi connectivity index (χ1n) is 6.56. The summed E-state index contributed by atoms with van der Waals surface area (Å²) >= 11 is 1.84. The molecule has 1 unspecified atom stereocenters. The van der Waals surface area contributed by atoms with Gasteiger partial charge in [0.05, 0.1) is 6.54 Å². The van der Waals surface area contributed by atoms with Crippen molar-refractivity contribution in [1.29, 1.82) is 0 Å². The van der Waals surface area contributed by atoms with E-state index in [1.54, 1.807) is 0 Å². The maximum atomic E-state index is 12.1. The molecule has 0 N–H and O–H groups in total. The molecule has 100 valence electrons. The summed E-state index contributed by atoms with van der Waals surface area (Å²) in [6.45, 7) is 7.83. The Morgan fingerprint density at radius 2 is 2.33 bits per heavy atom. The number of thiophene rings is 1. The predicted octanol–water partition coefficient (Wildman–Crippen LogP) is 2.53. The Hall–Kier alpha value is -0.870. The summed E-state index contributed by atoms with van der Waals surface area (Å²) in [7, 11) is 1.89. The van der Waals surface area contributed by atoms with Crippen molar-refractivity contribution in [2.75, 3.05) is 20.1 Å². The van der Waals surface area contributed by atoms with Gasteiger partial charge in [0.1, 0.15) is 0 Å². The van der Waals surface area contributed by atoms with E-state index in [0.717, 1.165) is 13.0 Å². The molecule has 1 amide bonds. The van der Waals surface area contributed by atoms with Gasteiger partial charge in [0.25, 0.3) is 0 Å². The second kappa shape index (κ2) is 5.41. The van der Waals surface area contributed by atoms with E-state index in [1.165, 1.54) is 10.4 Å². The molecule has 0 fully saturated rings. The molecule has 1 atom stereocenters. The summed E-state index contributed by atoms with van der Waals surface area (Å²) in [6, 6.07) is 2.84. The first-order valence-corrected chi connectivity index (χ1v) is 7.44. The van der Waals surface area contributed by atoms with Crippen LogP contribution in [-0.4, -0.2) is 41.9 Å². The van der Waals surface area contributed by atoms with Crippen molar-refractivity contribution in [3.05, 3.63) is 21.9 Å². The molecule has 4 heteroatoms. The highest BCUT2D eigenvalue weighted by atomic mass is 32.1. The van der Waals surface area contributed by atoms with Crippen LogP contribution in [0.25, 0.3) is 0 Å². The standard InChI is InChI=1S/C14H22N2OS/c1-10(2)15(4)14(17)9-16-7-5-13-12(11(16)3)6-8-18-13/h6,8,10-11H,5,7,9H2,1-4H3. The van der Waals surface area contributed by atoms with Gasteiger partial charge in [0.2, 0.25) is 5.91 Å². The van der Waals surface area contributed by atoms with Crippen LogP contribution in [0.3, 0.4) is 0 Å². The average molecular weight is 266 g/mol. The lowest BCUT2D eigenvalue weighted by molar-refractivity contribution is -0.133. The maximum absolute atomic E-state index is 12.1. The lowest BCUT2D eigenvalue weighted by Crippen LogP contribution is -2.44. The highest BCUT2D eigenvalue weighted by Crippen LogP contribution is 2.32. The molecule has 0 saturated carbocycles. The van der Waals surface area contributed by atoms with Crippen LogP contribution in [0.4, 0.5) is 0 Å². The largest absolute Gasteiger partial charge is 0.342 e. The van der Waals surface area contributed by atoms with Crippen LogP contribution in [0.5, 0.6) is 0 Å². The van der Waals surface area contributed by atoms with Crippen LogP contribution in [0.15, 0.2) is 11.4 Å². The molecule has 0 aliphatic carbocycles. The van der Waals surface area contributed by atoms with Gasteiger partial charge < -0.3 is 4.90 Å². The Labute approximate surface area is 113 Å². The van der Waals surface area contributed by atoms with Crippen molar-refractivity contribution in [1.82, 2.24) is 9.80 Å². The minimum atomic E-state index is 0.218. The van der Waals surface area contributed by atoms with E-state index in [2.05, 4.69) is 37.1 Å².